The Morgan fingerprint density at radius 2 is 2.17 bits per heavy atom. The molecule has 1 saturated heterocycles. The van der Waals surface area contributed by atoms with Crippen LogP contribution in [0.5, 0.6) is 5.88 Å². The van der Waals surface area contributed by atoms with E-state index in [1.54, 1.807) is 7.11 Å². The van der Waals surface area contributed by atoms with Gasteiger partial charge in [-0.15, -0.1) is 0 Å². The van der Waals surface area contributed by atoms with Gasteiger partial charge in [0.05, 0.1) is 7.11 Å². The molecule has 1 aromatic rings. The number of pyridine rings is 1. The van der Waals surface area contributed by atoms with Crippen LogP contribution < -0.4 is 10.1 Å². The number of hydrogen-bond donors (Lipinski definition) is 1. The molecule has 2 heterocycles. The van der Waals surface area contributed by atoms with Crippen molar-refractivity contribution in [3.8, 4) is 5.88 Å². The number of methoxy groups -OCH3 is 1. The van der Waals surface area contributed by atoms with Gasteiger partial charge in [0.2, 0.25) is 5.88 Å². The fraction of sp³-hybridized carbons (Fsp3) is 0.643. The van der Waals surface area contributed by atoms with E-state index in [2.05, 4.69) is 17.2 Å². The van der Waals surface area contributed by atoms with E-state index in [0.717, 1.165) is 39.1 Å². The van der Waals surface area contributed by atoms with Crippen molar-refractivity contribution in [2.45, 2.75) is 26.3 Å². The lowest BCUT2D eigenvalue weighted by molar-refractivity contribution is 0.0240. The molecule has 0 atom stereocenters. The molecule has 0 radical (unpaired) electrons. The maximum Gasteiger partial charge on any atom is 0.212 e. The Balaban J connectivity index is 1.77. The van der Waals surface area contributed by atoms with Crippen LogP contribution in [-0.4, -0.2) is 31.9 Å². The molecule has 18 heavy (non-hydrogen) atoms. The Bertz CT molecular complexity index is 359. The third-order valence-corrected chi connectivity index (χ3v) is 3.59. The fourth-order valence-electron chi connectivity index (χ4n) is 2.19. The normalized spacial score (nSPS) is 18.6. The molecular formula is C14H22N2O2. The van der Waals surface area contributed by atoms with Crippen molar-refractivity contribution in [1.29, 1.82) is 0 Å². The van der Waals surface area contributed by atoms with E-state index in [1.807, 2.05) is 18.3 Å². The Kier molecular flexibility index (Phi) is 4.55. The summed E-state index contributed by atoms with van der Waals surface area (Å²) in [6.07, 6.45) is 4.14. The van der Waals surface area contributed by atoms with Gasteiger partial charge in [0.1, 0.15) is 0 Å². The summed E-state index contributed by atoms with van der Waals surface area (Å²) in [5, 5.41) is 3.51. The quantitative estimate of drug-likeness (QED) is 0.868. The van der Waals surface area contributed by atoms with Crippen LogP contribution in [0.3, 0.4) is 0 Å². The van der Waals surface area contributed by atoms with E-state index >= 15 is 0 Å². The summed E-state index contributed by atoms with van der Waals surface area (Å²) in [5.74, 6) is 0.662. The first-order chi connectivity index (χ1) is 8.72. The molecule has 1 fully saturated rings. The Hall–Kier alpha value is -1.13. The van der Waals surface area contributed by atoms with E-state index in [9.17, 15) is 0 Å². The lowest BCUT2D eigenvalue weighted by Crippen LogP contribution is -2.36. The predicted octanol–water partition coefficient (Wildman–Crippen LogP) is 2.00. The molecule has 1 aliphatic rings. The molecule has 0 amide bonds. The average Bonchev–Trinajstić information content (AvgIpc) is 2.40. The third-order valence-electron chi connectivity index (χ3n) is 3.59. The topological polar surface area (TPSA) is 43.4 Å². The van der Waals surface area contributed by atoms with E-state index in [4.69, 9.17) is 9.47 Å². The molecule has 1 aliphatic heterocycles. The van der Waals surface area contributed by atoms with Crippen LogP contribution in [0.1, 0.15) is 25.3 Å². The van der Waals surface area contributed by atoms with Crippen molar-refractivity contribution in [1.82, 2.24) is 10.3 Å². The zero-order valence-electron chi connectivity index (χ0n) is 11.2. The summed E-state index contributed by atoms with van der Waals surface area (Å²) >= 11 is 0. The highest BCUT2D eigenvalue weighted by Crippen LogP contribution is 2.28. The molecule has 100 valence electrons. The molecular weight excluding hydrogens is 228 g/mol. The minimum absolute atomic E-state index is 0.373. The number of rotatable bonds is 5. The zero-order chi connectivity index (χ0) is 12.8. The maximum atomic E-state index is 5.40. The van der Waals surface area contributed by atoms with Crippen molar-refractivity contribution in [2.75, 3.05) is 26.9 Å². The van der Waals surface area contributed by atoms with Crippen LogP contribution in [0.4, 0.5) is 0 Å². The summed E-state index contributed by atoms with van der Waals surface area (Å²) in [6.45, 7) is 6.00. The van der Waals surface area contributed by atoms with Gasteiger partial charge in [0, 0.05) is 38.6 Å². The second-order valence-corrected chi connectivity index (χ2v) is 5.24. The number of aromatic nitrogens is 1. The first-order valence-electron chi connectivity index (χ1n) is 6.49. The SMILES string of the molecule is COc1ccc(CNCC2(C)CCOCC2)cn1. The molecule has 2 rings (SSSR count). The number of hydrogen-bond acceptors (Lipinski definition) is 4. The van der Waals surface area contributed by atoms with Crippen LogP contribution in [0, 0.1) is 5.41 Å². The lowest BCUT2D eigenvalue weighted by Gasteiger charge is -2.33. The maximum absolute atomic E-state index is 5.40. The average molecular weight is 250 g/mol. The van der Waals surface area contributed by atoms with E-state index < -0.39 is 0 Å². The van der Waals surface area contributed by atoms with Gasteiger partial charge in [-0.05, 0) is 23.8 Å². The second kappa shape index (κ2) is 6.16. The highest BCUT2D eigenvalue weighted by Gasteiger charge is 2.26. The van der Waals surface area contributed by atoms with Gasteiger partial charge in [-0.2, -0.15) is 0 Å². The van der Waals surface area contributed by atoms with Crippen LogP contribution in [0.15, 0.2) is 18.3 Å². The first kappa shape index (κ1) is 13.3. The van der Waals surface area contributed by atoms with Crippen molar-refractivity contribution in [3.63, 3.8) is 0 Å². The largest absolute Gasteiger partial charge is 0.481 e. The van der Waals surface area contributed by atoms with E-state index in [1.165, 1.54) is 5.56 Å². The molecule has 1 N–H and O–H groups in total. The van der Waals surface area contributed by atoms with Crippen LogP contribution in [0.2, 0.25) is 0 Å². The molecule has 0 aromatic carbocycles. The van der Waals surface area contributed by atoms with E-state index in [-0.39, 0.29) is 0 Å². The number of nitrogens with zero attached hydrogens (tertiary/aromatic N) is 1. The molecule has 4 nitrogen and oxygen atoms in total. The van der Waals surface area contributed by atoms with Gasteiger partial charge < -0.3 is 14.8 Å². The van der Waals surface area contributed by atoms with E-state index in [0.29, 0.717) is 11.3 Å². The second-order valence-electron chi connectivity index (χ2n) is 5.24. The molecule has 4 heteroatoms. The summed E-state index contributed by atoms with van der Waals surface area (Å²) in [6, 6.07) is 3.94. The van der Waals surface area contributed by atoms with Gasteiger partial charge in [0.15, 0.2) is 0 Å². The van der Waals surface area contributed by atoms with Gasteiger partial charge in [-0.3, -0.25) is 0 Å². The molecule has 0 aliphatic carbocycles. The monoisotopic (exact) mass is 250 g/mol. The van der Waals surface area contributed by atoms with Gasteiger partial charge >= 0.3 is 0 Å². The van der Waals surface area contributed by atoms with Gasteiger partial charge in [-0.1, -0.05) is 13.0 Å². The lowest BCUT2D eigenvalue weighted by atomic mass is 9.82. The summed E-state index contributed by atoms with van der Waals surface area (Å²) < 4.78 is 10.4. The fourth-order valence-corrected chi connectivity index (χ4v) is 2.19. The Labute approximate surface area is 109 Å². The zero-order valence-corrected chi connectivity index (χ0v) is 11.2. The minimum atomic E-state index is 0.373. The van der Waals surface area contributed by atoms with Crippen LogP contribution in [-0.2, 0) is 11.3 Å². The van der Waals surface area contributed by atoms with Crippen molar-refractivity contribution in [3.05, 3.63) is 23.9 Å². The molecule has 0 unspecified atom stereocenters. The molecule has 0 spiro atoms. The van der Waals surface area contributed by atoms with Crippen molar-refractivity contribution >= 4 is 0 Å². The van der Waals surface area contributed by atoms with Gasteiger partial charge in [-0.25, -0.2) is 4.98 Å². The standard InChI is InChI=1S/C14H22N2O2/c1-14(5-7-18-8-6-14)11-15-9-12-3-4-13(17-2)16-10-12/h3-4,10,15H,5-9,11H2,1-2H3. The minimum Gasteiger partial charge on any atom is -0.481 e. The first-order valence-corrected chi connectivity index (χ1v) is 6.49. The Morgan fingerprint density at radius 1 is 1.39 bits per heavy atom. The van der Waals surface area contributed by atoms with Gasteiger partial charge in [0.25, 0.3) is 0 Å². The van der Waals surface area contributed by atoms with Crippen molar-refractivity contribution < 1.29 is 9.47 Å². The Morgan fingerprint density at radius 3 is 2.78 bits per heavy atom. The number of nitrogens with one attached hydrogen (secondary N) is 1. The summed E-state index contributed by atoms with van der Waals surface area (Å²) in [5.41, 5.74) is 1.56. The molecule has 0 bridgehead atoms. The van der Waals surface area contributed by atoms with Crippen molar-refractivity contribution in [2.24, 2.45) is 5.41 Å². The summed E-state index contributed by atoms with van der Waals surface area (Å²) in [4.78, 5) is 4.20. The summed E-state index contributed by atoms with van der Waals surface area (Å²) in [7, 11) is 1.63. The van der Waals surface area contributed by atoms with Crippen LogP contribution in [0.25, 0.3) is 0 Å². The van der Waals surface area contributed by atoms with Crippen LogP contribution >= 0.6 is 0 Å². The highest BCUT2D eigenvalue weighted by molar-refractivity contribution is 5.17. The molecule has 0 saturated carbocycles. The smallest absolute Gasteiger partial charge is 0.212 e. The number of ether oxygens (including phenoxy) is 2. The predicted molar refractivity (Wildman–Crippen MR) is 70.7 cm³/mol. The third kappa shape index (κ3) is 3.68. The molecule has 1 aromatic heterocycles. The highest BCUT2D eigenvalue weighted by atomic mass is 16.5.